The Kier molecular flexibility index (Phi) is 3.28. The number of carbonyl (C=O) groups is 3. The fourth-order valence-electron chi connectivity index (χ4n) is 1.58. The standard InChI is InChI=1S/C10H11N3O4S/c1-5-8(9(16)17-2)12-10(18-5)13-3-6(14)11-7(15)4-13/h3-4H2,1-2H3,(H,11,14,15). The van der Waals surface area contributed by atoms with Gasteiger partial charge in [-0.2, -0.15) is 0 Å². The van der Waals surface area contributed by atoms with Gasteiger partial charge in [-0.1, -0.05) is 0 Å². The third kappa shape index (κ3) is 2.33. The summed E-state index contributed by atoms with van der Waals surface area (Å²) >= 11 is 1.25. The van der Waals surface area contributed by atoms with Gasteiger partial charge in [0.05, 0.1) is 7.11 Å². The number of anilines is 1. The van der Waals surface area contributed by atoms with Crippen LogP contribution in [0.3, 0.4) is 0 Å². The number of aryl methyl sites for hydroxylation is 1. The van der Waals surface area contributed by atoms with Crippen molar-refractivity contribution in [2.45, 2.75) is 6.92 Å². The number of esters is 1. The fraction of sp³-hybridized carbons (Fsp3) is 0.400. The lowest BCUT2D eigenvalue weighted by atomic mass is 10.3. The van der Waals surface area contributed by atoms with Gasteiger partial charge in [0, 0.05) is 4.88 Å². The summed E-state index contributed by atoms with van der Waals surface area (Å²) in [6.45, 7) is 1.85. The first-order chi connectivity index (χ1) is 8.51. The minimum Gasteiger partial charge on any atom is -0.464 e. The molecule has 2 amide bonds. The smallest absolute Gasteiger partial charge is 0.357 e. The summed E-state index contributed by atoms with van der Waals surface area (Å²) in [7, 11) is 1.28. The number of carbonyl (C=O) groups excluding carboxylic acids is 3. The summed E-state index contributed by atoms with van der Waals surface area (Å²) in [6, 6.07) is 0. The van der Waals surface area contributed by atoms with E-state index in [1.54, 1.807) is 6.92 Å². The number of piperazine rings is 1. The van der Waals surface area contributed by atoms with Gasteiger partial charge in [0.1, 0.15) is 13.1 Å². The Morgan fingerprint density at radius 1 is 1.39 bits per heavy atom. The molecule has 18 heavy (non-hydrogen) atoms. The average molecular weight is 269 g/mol. The SMILES string of the molecule is COC(=O)c1nc(N2CC(=O)NC(=O)C2)sc1C. The van der Waals surface area contributed by atoms with Crippen LogP contribution in [0, 0.1) is 6.92 Å². The zero-order valence-electron chi connectivity index (χ0n) is 9.85. The highest BCUT2D eigenvalue weighted by atomic mass is 32.1. The van der Waals surface area contributed by atoms with Crippen molar-refractivity contribution in [3.8, 4) is 0 Å². The molecule has 0 spiro atoms. The van der Waals surface area contributed by atoms with Crippen LogP contribution in [-0.2, 0) is 14.3 Å². The molecule has 8 heteroatoms. The van der Waals surface area contributed by atoms with E-state index in [0.717, 1.165) is 0 Å². The fourth-order valence-corrected chi connectivity index (χ4v) is 2.47. The lowest BCUT2D eigenvalue weighted by molar-refractivity contribution is -0.130. The van der Waals surface area contributed by atoms with Crippen molar-refractivity contribution in [2.24, 2.45) is 0 Å². The summed E-state index contributed by atoms with van der Waals surface area (Å²) < 4.78 is 4.60. The monoisotopic (exact) mass is 269 g/mol. The Labute approximate surface area is 107 Å². The predicted octanol–water partition coefficient (Wildman–Crippen LogP) is -0.299. The second kappa shape index (κ2) is 4.73. The number of nitrogens with zero attached hydrogens (tertiary/aromatic N) is 2. The molecule has 1 saturated heterocycles. The van der Waals surface area contributed by atoms with E-state index in [9.17, 15) is 14.4 Å². The first kappa shape index (κ1) is 12.5. The van der Waals surface area contributed by atoms with Crippen molar-refractivity contribution in [3.63, 3.8) is 0 Å². The van der Waals surface area contributed by atoms with Crippen LogP contribution < -0.4 is 10.2 Å². The van der Waals surface area contributed by atoms with Gasteiger partial charge in [0.25, 0.3) is 0 Å². The second-order valence-corrected chi connectivity index (χ2v) is 4.90. The number of imide groups is 1. The average Bonchev–Trinajstić information content (AvgIpc) is 2.69. The van der Waals surface area contributed by atoms with Crippen LogP contribution in [0.15, 0.2) is 0 Å². The molecule has 0 aliphatic carbocycles. The highest BCUT2D eigenvalue weighted by molar-refractivity contribution is 7.15. The minimum absolute atomic E-state index is 0.0549. The largest absolute Gasteiger partial charge is 0.464 e. The number of hydrogen-bond donors (Lipinski definition) is 1. The van der Waals surface area contributed by atoms with Crippen molar-refractivity contribution in [1.29, 1.82) is 0 Å². The van der Waals surface area contributed by atoms with E-state index in [1.807, 2.05) is 0 Å². The number of amides is 2. The van der Waals surface area contributed by atoms with Crippen molar-refractivity contribution < 1.29 is 19.1 Å². The molecule has 1 aromatic heterocycles. The van der Waals surface area contributed by atoms with E-state index < -0.39 is 5.97 Å². The van der Waals surface area contributed by atoms with E-state index in [0.29, 0.717) is 10.0 Å². The van der Waals surface area contributed by atoms with Crippen molar-refractivity contribution in [2.75, 3.05) is 25.1 Å². The van der Waals surface area contributed by atoms with Crippen LogP contribution in [0.25, 0.3) is 0 Å². The molecular formula is C10H11N3O4S. The van der Waals surface area contributed by atoms with E-state index in [-0.39, 0.29) is 30.6 Å². The van der Waals surface area contributed by atoms with Gasteiger partial charge in [-0.3, -0.25) is 14.9 Å². The van der Waals surface area contributed by atoms with Crippen LogP contribution in [-0.4, -0.2) is 43.0 Å². The number of rotatable bonds is 2. The number of hydrogen-bond acceptors (Lipinski definition) is 7. The molecule has 1 N–H and O–H groups in total. The Morgan fingerprint density at radius 2 is 2.00 bits per heavy atom. The van der Waals surface area contributed by atoms with Crippen LogP contribution in [0.5, 0.6) is 0 Å². The lowest BCUT2D eigenvalue weighted by Gasteiger charge is -2.24. The van der Waals surface area contributed by atoms with Gasteiger partial charge >= 0.3 is 5.97 Å². The van der Waals surface area contributed by atoms with Crippen LogP contribution in [0.4, 0.5) is 5.13 Å². The van der Waals surface area contributed by atoms with Crippen molar-refractivity contribution in [3.05, 3.63) is 10.6 Å². The van der Waals surface area contributed by atoms with E-state index in [4.69, 9.17) is 0 Å². The van der Waals surface area contributed by atoms with Crippen LogP contribution in [0.1, 0.15) is 15.4 Å². The summed E-state index contributed by atoms with van der Waals surface area (Å²) in [5.41, 5.74) is 0.218. The maximum absolute atomic E-state index is 11.4. The summed E-state index contributed by atoms with van der Waals surface area (Å²) in [5.74, 6) is -1.28. The molecule has 0 bridgehead atoms. The van der Waals surface area contributed by atoms with Gasteiger partial charge in [-0.05, 0) is 6.92 Å². The summed E-state index contributed by atoms with van der Waals surface area (Å²) in [5, 5.41) is 2.67. The molecule has 0 saturated carbocycles. The van der Waals surface area contributed by atoms with E-state index >= 15 is 0 Å². The van der Waals surface area contributed by atoms with Gasteiger partial charge in [-0.25, -0.2) is 9.78 Å². The van der Waals surface area contributed by atoms with Crippen LogP contribution in [0.2, 0.25) is 0 Å². The summed E-state index contributed by atoms with van der Waals surface area (Å²) in [4.78, 5) is 40.3. The molecule has 0 unspecified atom stereocenters. The maximum Gasteiger partial charge on any atom is 0.357 e. The molecular weight excluding hydrogens is 258 g/mol. The third-order valence-electron chi connectivity index (χ3n) is 2.38. The molecule has 1 aromatic rings. The third-order valence-corrected chi connectivity index (χ3v) is 3.41. The number of nitrogens with one attached hydrogen (secondary N) is 1. The molecule has 2 rings (SSSR count). The quantitative estimate of drug-likeness (QED) is 0.586. The predicted molar refractivity (Wildman–Crippen MR) is 63.6 cm³/mol. The van der Waals surface area contributed by atoms with Gasteiger partial charge in [-0.15, -0.1) is 11.3 Å². The first-order valence-corrected chi connectivity index (χ1v) is 5.96. The molecule has 2 heterocycles. The molecule has 1 aliphatic rings. The lowest BCUT2D eigenvalue weighted by Crippen LogP contribution is -2.51. The Morgan fingerprint density at radius 3 is 2.56 bits per heavy atom. The van der Waals surface area contributed by atoms with Gasteiger partial charge in [0.2, 0.25) is 11.8 Å². The highest BCUT2D eigenvalue weighted by Gasteiger charge is 2.26. The number of thiazole rings is 1. The zero-order valence-corrected chi connectivity index (χ0v) is 10.7. The van der Waals surface area contributed by atoms with E-state index in [2.05, 4.69) is 15.0 Å². The second-order valence-electron chi connectivity index (χ2n) is 3.72. The molecule has 1 fully saturated rings. The van der Waals surface area contributed by atoms with Crippen molar-refractivity contribution >= 4 is 34.3 Å². The normalized spacial score (nSPS) is 15.6. The van der Waals surface area contributed by atoms with Gasteiger partial charge in [0.15, 0.2) is 10.8 Å². The number of methoxy groups -OCH3 is 1. The Balaban J connectivity index is 2.26. The molecule has 7 nitrogen and oxygen atoms in total. The molecule has 1 aliphatic heterocycles. The molecule has 0 aromatic carbocycles. The Hall–Kier alpha value is -1.96. The highest BCUT2D eigenvalue weighted by Crippen LogP contribution is 2.26. The minimum atomic E-state index is -0.525. The molecule has 0 atom stereocenters. The summed E-state index contributed by atoms with van der Waals surface area (Å²) in [6.07, 6.45) is 0. The Bertz CT molecular complexity index is 509. The van der Waals surface area contributed by atoms with Gasteiger partial charge < -0.3 is 9.64 Å². The van der Waals surface area contributed by atoms with E-state index in [1.165, 1.54) is 23.3 Å². The number of ether oxygens (including phenoxy) is 1. The van der Waals surface area contributed by atoms with Crippen molar-refractivity contribution in [1.82, 2.24) is 10.3 Å². The molecule has 96 valence electrons. The van der Waals surface area contributed by atoms with Crippen LogP contribution >= 0.6 is 11.3 Å². The molecule has 0 radical (unpaired) electrons. The zero-order chi connectivity index (χ0) is 13.3. The first-order valence-electron chi connectivity index (χ1n) is 5.14. The number of aromatic nitrogens is 1. The topological polar surface area (TPSA) is 88.6 Å². The maximum atomic E-state index is 11.4.